The third-order valence-electron chi connectivity index (χ3n) is 3.05. The molecule has 5 nitrogen and oxygen atoms in total. The Bertz CT molecular complexity index is 409. The Labute approximate surface area is 101 Å². The van der Waals surface area contributed by atoms with Gasteiger partial charge in [-0.25, -0.2) is 4.98 Å². The Kier molecular flexibility index (Phi) is 3.02. The van der Waals surface area contributed by atoms with E-state index < -0.39 is 0 Å². The molecule has 1 saturated carbocycles. The maximum Gasteiger partial charge on any atom is 0.254 e. The smallest absolute Gasteiger partial charge is 0.254 e. The van der Waals surface area contributed by atoms with Crippen LogP contribution in [0.3, 0.4) is 0 Å². The number of amides is 1. The summed E-state index contributed by atoms with van der Waals surface area (Å²) in [7, 11) is 3.45. The number of nitrogens with one attached hydrogen (secondary N) is 1. The van der Waals surface area contributed by atoms with E-state index in [1.54, 1.807) is 26.4 Å². The van der Waals surface area contributed by atoms with Crippen molar-refractivity contribution in [3.8, 4) is 0 Å². The van der Waals surface area contributed by atoms with Crippen molar-refractivity contribution in [2.45, 2.75) is 18.4 Å². The maximum absolute atomic E-state index is 11.7. The van der Waals surface area contributed by atoms with E-state index in [0.717, 1.165) is 18.7 Å². The van der Waals surface area contributed by atoms with Crippen LogP contribution in [-0.2, 0) is 0 Å². The van der Waals surface area contributed by atoms with Crippen LogP contribution in [0.1, 0.15) is 23.2 Å². The van der Waals surface area contributed by atoms with Crippen LogP contribution in [0, 0.1) is 0 Å². The minimum Gasteiger partial charge on any atom is -0.363 e. The summed E-state index contributed by atoms with van der Waals surface area (Å²) in [5, 5.41) is 3.31. The summed E-state index contributed by atoms with van der Waals surface area (Å²) >= 11 is 0. The highest BCUT2D eigenvalue weighted by molar-refractivity contribution is 5.93. The van der Waals surface area contributed by atoms with Crippen LogP contribution in [0.15, 0.2) is 18.3 Å². The first-order chi connectivity index (χ1) is 8.06. The number of anilines is 1. The molecule has 1 fully saturated rings. The number of aromatic nitrogens is 1. The predicted octanol–water partition coefficient (Wildman–Crippen LogP) is 0.687. The number of nitrogens with two attached hydrogens (primary N) is 1. The molecule has 1 aliphatic rings. The standard InChI is InChI=1S/C12H18N4O/c1-16(2)11(17)9-3-4-10(14-7-9)15-12(8-13)5-6-12/h3-4,7H,5-6,8,13H2,1-2H3,(H,14,15). The highest BCUT2D eigenvalue weighted by Crippen LogP contribution is 2.37. The zero-order chi connectivity index (χ0) is 12.5. The zero-order valence-corrected chi connectivity index (χ0v) is 10.2. The molecule has 5 heteroatoms. The van der Waals surface area contributed by atoms with E-state index in [1.807, 2.05) is 6.07 Å². The van der Waals surface area contributed by atoms with Crippen LogP contribution < -0.4 is 11.1 Å². The summed E-state index contributed by atoms with van der Waals surface area (Å²) in [5.41, 5.74) is 6.32. The lowest BCUT2D eigenvalue weighted by Gasteiger charge is -2.16. The third-order valence-corrected chi connectivity index (χ3v) is 3.05. The molecule has 1 aromatic rings. The van der Waals surface area contributed by atoms with Crippen LogP contribution in [0.5, 0.6) is 0 Å². The van der Waals surface area contributed by atoms with E-state index in [0.29, 0.717) is 12.1 Å². The van der Waals surface area contributed by atoms with Crippen LogP contribution in [0.25, 0.3) is 0 Å². The molecule has 0 spiro atoms. The lowest BCUT2D eigenvalue weighted by Crippen LogP contribution is -2.31. The Morgan fingerprint density at radius 3 is 2.65 bits per heavy atom. The predicted molar refractivity (Wildman–Crippen MR) is 66.9 cm³/mol. The molecule has 1 amide bonds. The molecule has 1 aliphatic carbocycles. The van der Waals surface area contributed by atoms with Gasteiger partial charge in [-0.15, -0.1) is 0 Å². The summed E-state index contributed by atoms with van der Waals surface area (Å²) in [4.78, 5) is 17.4. The fraction of sp³-hybridized carbons (Fsp3) is 0.500. The van der Waals surface area contributed by atoms with Gasteiger partial charge in [0.1, 0.15) is 5.82 Å². The molecule has 0 bridgehead atoms. The van der Waals surface area contributed by atoms with Crippen LogP contribution in [0.2, 0.25) is 0 Å². The van der Waals surface area contributed by atoms with Gasteiger partial charge in [0.05, 0.1) is 11.1 Å². The van der Waals surface area contributed by atoms with Crippen LogP contribution >= 0.6 is 0 Å². The topological polar surface area (TPSA) is 71.2 Å². The molecule has 0 unspecified atom stereocenters. The van der Waals surface area contributed by atoms with E-state index in [2.05, 4.69) is 10.3 Å². The summed E-state index contributed by atoms with van der Waals surface area (Å²) in [6.07, 6.45) is 3.77. The highest BCUT2D eigenvalue weighted by atomic mass is 16.2. The molecule has 2 rings (SSSR count). The second-order valence-corrected chi connectivity index (χ2v) is 4.74. The van der Waals surface area contributed by atoms with Crippen molar-refractivity contribution in [3.05, 3.63) is 23.9 Å². The third kappa shape index (κ3) is 2.55. The van der Waals surface area contributed by atoms with Crippen molar-refractivity contribution >= 4 is 11.7 Å². The lowest BCUT2D eigenvalue weighted by molar-refractivity contribution is 0.0827. The molecule has 0 radical (unpaired) electrons. The number of rotatable bonds is 4. The highest BCUT2D eigenvalue weighted by Gasteiger charge is 2.41. The molecule has 17 heavy (non-hydrogen) atoms. The molecular formula is C12H18N4O. The van der Waals surface area contributed by atoms with Crippen LogP contribution in [0.4, 0.5) is 5.82 Å². The first-order valence-electron chi connectivity index (χ1n) is 5.72. The largest absolute Gasteiger partial charge is 0.363 e. The van der Waals surface area contributed by atoms with Crippen molar-refractivity contribution in [2.75, 3.05) is 26.0 Å². The van der Waals surface area contributed by atoms with Gasteiger partial charge in [-0.3, -0.25) is 4.79 Å². The molecule has 1 heterocycles. The quantitative estimate of drug-likeness (QED) is 0.804. The van der Waals surface area contributed by atoms with Crippen molar-refractivity contribution in [1.82, 2.24) is 9.88 Å². The molecule has 3 N–H and O–H groups in total. The molecule has 92 valence electrons. The number of hydrogen-bond donors (Lipinski definition) is 2. The minimum absolute atomic E-state index is 0.0380. The number of nitrogens with zero attached hydrogens (tertiary/aromatic N) is 2. The molecule has 1 aromatic heterocycles. The first kappa shape index (κ1) is 11.9. The zero-order valence-electron chi connectivity index (χ0n) is 10.2. The molecule has 0 atom stereocenters. The first-order valence-corrected chi connectivity index (χ1v) is 5.72. The Hall–Kier alpha value is -1.62. The van der Waals surface area contributed by atoms with Gasteiger partial charge in [-0.2, -0.15) is 0 Å². The SMILES string of the molecule is CN(C)C(=O)c1ccc(NC2(CN)CC2)nc1. The van der Waals surface area contributed by atoms with E-state index in [-0.39, 0.29) is 11.4 Å². The normalized spacial score (nSPS) is 16.4. The van der Waals surface area contributed by atoms with Gasteiger partial charge in [-0.1, -0.05) is 0 Å². The maximum atomic E-state index is 11.7. The fourth-order valence-corrected chi connectivity index (χ4v) is 1.66. The lowest BCUT2D eigenvalue weighted by atomic mass is 10.2. The minimum atomic E-state index is -0.0380. The summed E-state index contributed by atoms with van der Waals surface area (Å²) < 4.78 is 0. The number of carbonyl (C=O) groups excluding carboxylic acids is 1. The molecular weight excluding hydrogens is 216 g/mol. The van der Waals surface area contributed by atoms with Crippen molar-refractivity contribution in [1.29, 1.82) is 0 Å². The number of hydrogen-bond acceptors (Lipinski definition) is 4. The second-order valence-electron chi connectivity index (χ2n) is 4.74. The summed E-state index contributed by atoms with van der Waals surface area (Å²) in [6.45, 7) is 0.618. The van der Waals surface area contributed by atoms with Crippen LogP contribution in [-0.4, -0.2) is 42.0 Å². The van der Waals surface area contributed by atoms with Gasteiger partial charge >= 0.3 is 0 Å². The van der Waals surface area contributed by atoms with E-state index in [4.69, 9.17) is 5.73 Å². The number of carbonyl (C=O) groups is 1. The molecule has 0 aromatic carbocycles. The fourth-order valence-electron chi connectivity index (χ4n) is 1.66. The van der Waals surface area contributed by atoms with Crippen molar-refractivity contribution < 1.29 is 4.79 Å². The molecule has 0 saturated heterocycles. The Morgan fingerprint density at radius 2 is 2.24 bits per heavy atom. The summed E-state index contributed by atoms with van der Waals surface area (Å²) in [5.74, 6) is 0.743. The van der Waals surface area contributed by atoms with Gasteiger partial charge in [0.25, 0.3) is 5.91 Å². The van der Waals surface area contributed by atoms with Gasteiger partial charge in [0.2, 0.25) is 0 Å². The Balaban J connectivity index is 2.05. The van der Waals surface area contributed by atoms with E-state index in [1.165, 1.54) is 4.90 Å². The van der Waals surface area contributed by atoms with Gasteiger partial charge in [0.15, 0.2) is 0 Å². The second kappa shape index (κ2) is 4.33. The van der Waals surface area contributed by atoms with Gasteiger partial charge in [0, 0.05) is 26.8 Å². The monoisotopic (exact) mass is 234 g/mol. The average molecular weight is 234 g/mol. The van der Waals surface area contributed by atoms with Crippen molar-refractivity contribution in [3.63, 3.8) is 0 Å². The summed E-state index contributed by atoms with van der Waals surface area (Å²) in [6, 6.07) is 3.61. The van der Waals surface area contributed by atoms with E-state index in [9.17, 15) is 4.79 Å². The van der Waals surface area contributed by atoms with Crippen molar-refractivity contribution in [2.24, 2.45) is 5.73 Å². The average Bonchev–Trinajstić information content (AvgIpc) is 3.09. The number of pyridine rings is 1. The van der Waals surface area contributed by atoms with E-state index >= 15 is 0 Å². The van der Waals surface area contributed by atoms with Gasteiger partial charge < -0.3 is 16.0 Å². The Morgan fingerprint density at radius 1 is 1.53 bits per heavy atom. The molecule has 0 aliphatic heterocycles. The van der Waals surface area contributed by atoms with Gasteiger partial charge in [-0.05, 0) is 25.0 Å².